The number of ether oxygens (including phenoxy) is 1. The first-order valence-corrected chi connectivity index (χ1v) is 5.70. The van der Waals surface area contributed by atoms with Crippen LogP contribution in [0.2, 0.25) is 0 Å². The van der Waals surface area contributed by atoms with Gasteiger partial charge in [-0.15, -0.1) is 0 Å². The first-order chi connectivity index (χ1) is 9.15. The van der Waals surface area contributed by atoms with E-state index in [4.69, 9.17) is 4.74 Å². The van der Waals surface area contributed by atoms with Crippen molar-refractivity contribution in [3.63, 3.8) is 0 Å². The van der Waals surface area contributed by atoms with Crippen LogP contribution in [0.5, 0.6) is 17.2 Å². The summed E-state index contributed by atoms with van der Waals surface area (Å²) in [5.74, 6) is 0.0463. The molecule has 0 aromatic heterocycles. The highest BCUT2D eigenvalue weighted by molar-refractivity contribution is 6.26. The van der Waals surface area contributed by atoms with Gasteiger partial charge in [-0.3, -0.25) is 0 Å². The van der Waals surface area contributed by atoms with E-state index < -0.39 is 5.97 Å². The molecule has 94 valence electrons. The maximum absolute atomic E-state index is 11.8. The zero-order chi connectivity index (χ0) is 13.4. The Morgan fingerprint density at radius 1 is 1.05 bits per heavy atom. The minimum atomic E-state index is -0.496. The summed E-state index contributed by atoms with van der Waals surface area (Å²) in [7, 11) is 0. The second-order valence-electron chi connectivity index (χ2n) is 4.19. The Hall–Kier alpha value is -2.75. The molecule has 4 heteroatoms. The van der Waals surface area contributed by atoms with Crippen molar-refractivity contribution in [2.45, 2.75) is 0 Å². The van der Waals surface area contributed by atoms with Gasteiger partial charge in [0.1, 0.15) is 17.2 Å². The van der Waals surface area contributed by atoms with Crippen LogP contribution < -0.4 is 4.74 Å². The van der Waals surface area contributed by atoms with Crippen LogP contribution in [0.4, 0.5) is 0 Å². The summed E-state index contributed by atoms with van der Waals surface area (Å²) in [6.07, 6.45) is 1.54. The van der Waals surface area contributed by atoms with Gasteiger partial charge in [-0.05, 0) is 30.3 Å². The molecule has 4 nitrogen and oxygen atoms in total. The quantitative estimate of drug-likeness (QED) is 0.466. The maximum Gasteiger partial charge on any atom is 0.344 e. The van der Waals surface area contributed by atoms with Crippen LogP contribution in [0.25, 0.3) is 11.6 Å². The van der Waals surface area contributed by atoms with Gasteiger partial charge in [0.15, 0.2) is 0 Å². The lowest BCUT2D eigenvalue weighted by Crippen LogP contribution is -2.00. The SMILES string of the molecule is O=C1Oc2ccc(O)cc2/C1=C/c1ccccc1O. The van der Waals surface area contributed by atoms with E-state index in [-0.39, 0.29) is 11.5 Å². The van der Waals surface area contributed by atoms with Gasteiger partial charge in [0.2, 0.25) is 0 Å². The summed E-state index contributed by atoms with van der Waals surface area (Å²) in [4.78, 5) is 11.8. The average molecular weight is 254 g/mol. The molecule has 0 atom stereocenters. The lowest BCUT2D eigenvalue weighted by atomic mass is 10.0. The Morgan fingerprint density at radius 2 is 1.84 bits per heavy atom. The molecular weight excluding hydrogens is 244 g/mol. The largest absolute Gasteiger partial charge is 0.508 e. The van der Waals surface area contributed by atoms with Gasteiger partial charge in [0, 0.05) is 11.1 Å². The average Bonchev–Trinajstić information content (AvgIpc) is 2.69. The molecular formula is C15H10O4. The first kappa shape index (κ1) is 11.3. The standard InChI is InChI=1S/C15H10O4/c16-10-5-6-14-11(8-10)12(15(18)19-14)7-9-3-1-2-4-13(9)17/h1-8,16-17H/b12-7-. The van der Waals surface area contributed by atoms with Crippen molar-refractivity contribution in [2.24, 2.45) is 0 Å². The minimum Gasteiger partial charge on any atom is -0.508 e. The molecule has 0 fully saturated rings. The van der Waals surface area contributed by atoms with E-state index in [2.05, 4.69) is 0 Å². The lowest BCUT2D eigenvalue weighted by Gasteiger charge is -2.00. The number of rotatable bonds is 1. The molecule has 0 unspecified atom stereocenters. The van der Waals surface area contributed by atoms with Gasteiger partial charge >= 0.3 is 5.97 Å². The molecule has 0 amide bonds. The van der Waals surface area contributed by atoms with Crippen molar-refractivity contribution in [3.8, 4) is 17.2 Å². The third kappa shape index (κ3) is 1.93. The molecule has 0 aliphatic carbocycles. The summed E-state index contributed by atoms with van der Waals surface area (Å²) in [5.41, 5.74) is 1.35. The third-order valence-electron chi connectivity index (χ3n) is 2.91. The fourth-order valence-corrected chi connectivity index (χ4v) is 1.98. The van der Waals surface area contributed by atoms with E-state index in [1.165, 1.54) is 24.3 Å². The Bertz CT molecular complexity index is 701. The highest BCUT2D eigenvalue weighted by Gasteiger charge is 2.27. The molecule has 2 aromatic rings. The zero-order valence-electron chi connectivity index (χ0n) is 9.83. The molecule has 2 aromatic carbocycles. The van der Waals surface area contributed by atoms with Gasteiger partial charge in [-0.2, -0.15) is 0 Å². The third-order valence-corrected chi connectivity index (χ3v) is 2.91. The van der Waals surface area contributed by atoms with E-state index in [0.717, 1.165) is 0 Å². The van der Waals surface area contributed by atoms with E-state index in [0.29, 0.717) is 22.4 Å². The molecule has 1 aliphatic heterocycles. The summed E-state index contributed by atoms with van der Waals surface area (Å²) in [5, 5.41) is 19.2. The second-order valence-corrected chi connectivity index (χ2v) is 4.19. The number of benzene rings is 2. The molecule has 1 heterocycles. The number of phenolic OH excluding ortho intramolecular Hbond substituents is 2. The van der Waals surface area contributed by atoms with Crippen LogP contribution in [0.15, 0.2) is 42.5 Å². The van der Waals surface area contributed by atoms with Crippen LogP contribution in [0.1, 0.15) is 11.1 Å². The van der Waals surface area contributed by atoms with Gasteiger partial charge in [0.25, 0.3) is 0 Å². The number of para-hydroxylation sites is 1. The topological polar surface area (TPSA) is 66.8 Å². The highest BCUT2D eigenvalue weighted by atomic mass is 16.5. The summed E-state index contributed by atoms with van der Waals surface area (Å²) in [6.45, 7) is 0. The van der Waals surface area contributed by atoms with Crippen molar-refractivity contribution in [1.82, 2.24) is 0 Å². The number of carbonyl (C=O) groups is 1. The number of phenols is 2. The molecule has 0 radical (unpaired) electrons. The van der Waals surface area contributed by atoms with Crippen molar-refractivity contribution < 1.29 is 19.7 Å². The number of esters is 1. The Labute approximate surface area is 109 Å². The van der Waals surface area contributed by atoms with E-state index >= 15 is 0 Å². The molecule has 3 rings (SSSR count). The fourth-order valence-electron chi connectivity index (χ4n) is 1.98. The molecule has 1 aliphatic rings. The van der Waals surface area contributed by atoms with E-state index in [9.17, 15) is 15.0 Å². The second kappa shape index (κ2) is 4.17. The van der Waals surface area contributed by atoms with E-state index in [1.54, 1.807) is 24.3 Å². The monoisotopic (exact) mass is 254 g/mol. The number of hydrogen-bond donors (Lipinski definition) is 2. The van der Waals surface area contributed by atoms with Crippen molar-refractivity contribution in [3.05, 3.63) is 53.6 Å². The number of fused-ring (bicyclic) bond motifs is 1. The Morgan fingerprint density at radius 3 is 2.63 bits per heavy atom. The molecule has 19 heavy (non-hydrogen) atoms. The molecule has 0 saturated carbocycles. The van der Waals surface area contributed by atoms with Crippen molar-refractivity contribution >= 4 is 17.6 Å². The van der Waals surface area contributed by atoms with Crippen LogP contribution in [0.3, 0.4) is 0 Å². The molecule has 0 bridgehead atoms. The first-order valence-electron chi connectivity index (χ1n) is 5.70. The van der Waals surface area contributed by atoms with Crippen LogP contribution >= 0.6 is 0 Å². The van der Waals surface area contributed by atoms with Crippen molar-refractivity contribution in [1.29, 1.82) is 0 Å². The summed E-state index contributed by atoms with van der Waals surface area (Å²) >= 11 is 0. The van der Waals surface area contributed by atoms with Crippen LogP contribution in [-0.4, -0.2) is 16.2 Å². The number of hydrogen-bond acceptors (Lipinski definition) is 4. The normalized spacial score (nSPS) is 15.4. The summed E-state index contributed by atoms with van der Waals surface area (Å²) in [6, 6.07) is 11.1. The van der Waals surface area contributed by atoms with Crippen molar-refractivity contribution in [2.75, 3.05) is 0 Å². The van der Waals surface area contributed by atoms with Gasteiger partial charge in [0.05, 0.1) is 5.57 Å². The van der Waals surface area contributed by atoms with Crippen LogP contribution in [-0.2, 0) is 4.79 Å². The number of aromatic hydroxyl groups is 2. The highest BCUT2D eigenvalue weighted by Crippen LogP contribution is 2.38. The van der Waals surface area contributed by atoms with Gasteiger partial charge in [-0.25, -0.2) is 4.79 Å². The molecule has 0 saturated heterocycles. The van der Waals surface area contributed by atoms with Gasteiger partial charge < -0.3 is 14.9 Å². The predicted molar refractivity (Wildman–Crippen MR) is 69.7 cm³/mol. The molecule has 2 N–H and O–H groups in total. The number of carbonyl (C=O) groups excluding carboxylic acids is 1. The van der Waals surface area contributed by atoms with Gasteiger partial charge in [-0.1, -0.05) is 18.2 Å². The minimum absolute atomic E-state index is 0.0558. The fraction of sp³-hybridized carbons (Fsp3) is 0. The Kier molecular flexibility index (Phi) is 2.49. The molecule has 0 spiro atoms. The van der Waals surface area contributed by atoms with E-state index in [1.807, 2.05) is 0 Å². The smallest absolute Gasteiger partial charge is 0.344 e. The maximum atomic E-state index is 11.8. The predicted octanol–water partition coefficient (Wildman–Crippen LogP) is 2.56. The lowest BCUT2D eigenvalue weighted by molar-refractivity contribution is -0.126. The van der Waals surface area contributed by atoms with Crippen LogP contribution in [0, 0.1) is 0 Å². The summed E-state index contributed by atoms with van der Waals surface area (Å²) < 4.78 is 5.09. The zero-order valence-corrected chi connectivity index (χ0v) is 9.83. The Balaban J connectivity index is 2.14.